The number of esters is 2. The number of hydrogen-bond acceptors (Lipinski definition) is 4. The van der Waals surface area contributed by atoms with E-state index in [0.29, 0.717) is 25.9 Å². The van der Waals surface area contributed by atoms with Gasteiger partial charge in [0.15, 0.2) is 6.10 Å². The van der Waals surface area contributed by atoms with Crippen LogP contribution in [0.1, 0.15) is 46.0 Å². The molecule has 4 heteroatoms. The third-order valence-electron chi connectivity index (χ3n) is 2.30. The van der Waals surface area contributed by atoms with E-state index in [2.05, 4.69) is 18.4 Å². The normalized spacial score (nSPS) is 10.8. The van der Waals surface area contributed by atoms with Gasteiger partial charge < -0.3 is 9.47 Å². The zero-order chi connectivity index (χ0) is 14.5. The number of ether oxygens (including phenoxy) is 2. The van der Waals surface area contributed by atoms with Crippen LogP contribution >= 0.6 is 0 Å². The predicted molar refractivity (Wildman–Crippen MR) is 73.2 cm³/mol. The van der Waals surface area contributed by atoms with E-state index < -0.39 is 0 Å². The van der Waals surface area contributed by atoms with Gasteiger partial charge in [0.2, 0.25) is 0 Å². The van der Waals surface area contributed by atoms with Crippen molar-refractivity contribution >= 4 is 11.9 Å². The second kappa shape index (κ2) is 11.3. The fraction of sp³-hybridized carbons (Fsp3) is 0.600. The van der Waals surface area contributed by atoms with E-state index in [0.717, 1.165) is 0 Å². The molecule has 0 aliphatic heterocycles. The molecule has 19 heavy (non-hydrogen) atoms. The van der Waals surface area contributed by atoms with Crippen LogP contribution in [0.5, 0.6) is 0 Å². The van der Waals surface area contributed by atoms with Gasteiger partial charge in [0.05, 0.1) is 6.61 Å². The average Bonchev–Trinajstić information content (AvgIpc) is 2.38. The quantitative estimate of drug-likeness (QED) is 0.278. The molecule has 0 aromatic carbocycles. The van der Waals surface area contributed by atoms with Gasteiger partial charge in [-0.1, -0.05) is 18.9 Å². The minimum atomic E-state index is -0.350. The summed E-state index contributed by atoms with van der Waals surface area (Å²) in [5.41, 5.74) is 0. The van der Waals surface area contributed by atoms with E-state index >= 15 is 0 Å². The average molecular weight is 266 g/mol. The summed E-state index contributed by atoms with van der Waals surface area (Å²) in [6.07, 6.45) is 3.50. The van der Waals surface area contributed by atoms with Crippen molar-refractivity contribution in [3.63, 3.8) is 0 Å². The Morgan fingerprint density at radius 1 is 1.32 bits per heavy atom. The van der Waals surface area contributed by atoms with E-state index in [1.807, 2.05) is 6.92 Å². The van der Waals surface area contributed by atoms with Crippen molar-refractivity contribution in [2.45, 2.75) is 52.1 Å². The molecule has 0 spiro atoms. The maximum Gasteiger partial charge on any atom is 0.307 e. The fourth-order valence-electron chi connectivity index (χ4n) is 1.30. The summed E-state index contributed by atoms with van der Waals surface area (Å²) in [6, 6.07) is 0. The molecule has 0 bridgehead atoms. The van der Waals surface area contributed by atoms with Crippen LogP contribution in [-0.2, 0) is 19.1 Å². The van der Waals surface area contributed by atoms with Gasteiger partial charge in [-0.2, -0.15) is 0 Å². The van der Waals surface area contributed by atoms with Crippen molar-refractivity contribution in [3.05, 3.63) is 12.7 Å². The molecule has 0 saturated heterocycles. The highest BCUT2D eigenvalue weighted by atomic mass is 16.5. The highest BCUT2D eigenvalue weighted by Gasteiger charge is 2.11. The second-order valence-corrected chi connectivity index (χ2v) is 3.93. The van der Waals surface area contributed by atoms with E-state index in [9.17, 15) is 9.59 Å². The largest absolute Gasteiger partial charge is 0.465 e. The summed E-state index contributed by atoms with van der Waals surface area (Å²) >= 11 is 0. The van der Waals surface area contributed by atoms with Crippen LogP contribution in [0.15, 0.2) is 12.7 Å². The zero-order valence-corrected chi connectivity index (χ0v) is 11.7. The summed E-state index contributed by atoms with van der Waals surface area (Å²) in [5.74, 6) is 4.90. The van der Waals surface area contributed by atoms with E-state index in [4.69, 9.17) is 9.47 Å². The molecule has 0 aromatic rings. The Labute approximate surface area is 115 Å². The van der Waals surface area contributed by atoms with Crippen molar-refractivity contribution in [2.75, 3.05) is 6.61 Å². The van der Waals surface area contributed by atoms with Crippen LogP contribution in [0.25, 0.3) is 0 Å². The van der Waals surface area contributed by atoms with Gasteiger partial charge in [-0.3, -0.25) is 9.59 Å². The lowest BCUT2D eigenvalue weighted by Crippen LogP contribution is -2.16. The zero-order valence-electron chi connectivity index (χ0n) is 11.7. The van der Waals surface area contributed by atoms with E-state index in [-0.39, 0.29) is 30.9 Å². The molecule has 106 valence electrons. The Bertz CT molecular complexity index is 349. The Balaban J connectivity index is 3.75. The molecule has 0 rings (SSSR count). The minimum Gasteiger partial charge on any atom is -0.465 e. The fourth-order valence-corrected chi connectivity index (χ4v) is 1.30. The number of carbonyl (C=O) groups excluding carboxylic acids is 2. The van der Waals surface area contributed by atoms with Gasteiger partial charge in [-0.15, -0.1) is 12.5 Å². The monoisotopic (exact) mass is 266 g/mol. The maximum absolute atomic E-state index is 11.5. The first kappa shape index (κ1) is 17.2. The first-order valence-electron chi connectivity index (χ1n) is 6.52. The SMILES string of the molecule is C=CCCOC(=O)CCCC(=O)OC(C#CC)CC. The second-order valence-electron chi connectivity index (χ2n) is 3.93. The molecule has 1 atom stereocenters. The van der Waals surface area contributed by atoms with Crippen LogP contribution in [0, 0.1) is 11.8 Å². The topological polar surface area (TPSA) is 52.6 Å². The van der Waals surface area contributed by atoms with Crippen molar-refractivity contribution < 1.29 is 19.1 Å². The van der Waals surface area contributed by atoms with Crippen LogP contribution in [0.4, 0.5) is 0 Å². The van der Waals surface area contributed by atoms with Gasteiger partial charge in [0, 0.05) is 12.8 Å². The Hall–Kier alpha value is -1.76. The van der Waals surface area contributed by atoms with Gasteiger partial charge in [-0.05, 0) is 26.2 Å². The van der Waals surface area contributed by atoms with Crippen LogP contribution in [0.3, 0.4) is 0 Å². The molecule has 0 aliphatic rings. The van der Waals surface area contributed by atoms with Crippen molar-refractivity contribution in [3.8, 4) is 11.8 Å². The maximum atomic E-state index is 11.5. The molecule has 0 aliphatic carbocycles. The summed E-state index contributed by atoms with van der Waals surface area (Å²) in [6.45, 7) is 7.48. The molecular formula is C15H22O4. The molecule has 0 heterocycles. The van der Waals surface area contributed by atoms with Crippen LogP contribution in [0.2, 0.25) is 0 Å². The summed E-state index contributed by atoms with van der Waals surface area (Å²) in [4.78, 5) is 22.7. The van der Waals surface area contributed by atoms with Crippen molar-refractivity contribution in [1.29, 1.82) is 0 Å². The molecule has 0 saturated carbocycles. The summed E-state index contributed by atoms with van der Waals surface area (Å²) in [5, 5.41) is 0. The lowest BCUT2D eigenvalue weighted by Gasteiger charge is -2.09. The number of hydrogen-bond donors (Lipinski definition) is 0. The third kappa shape index (κ3) is 9.90. The number of carbonyl (C=O) groups is 2. The van der Waals surface area contributed by atoms with Gasteiger partial charge in [0.25, 0.3) is 0 Å². The molecule has 1 unspecified atom stereocenters. The van der Waals surface area contributed by atoms with Crippen molar-refractivity contribution in [2.24, 2.45) is 0 Å². The van der Waals surface area contributed by atoms with Gasteiger partial charge in [0.1, 0.15) is 0 Å². The summed E-state index contributed by atoms with van der Waals surface area (Å²) < 4.78 is 10.1. The smallest absolute Gasteiger partial charge is 0.307 e. The molecule has 0 aromatic heterocycles. The van der Waals surface area contributed by atoms with Crippen LogP contribution < -0.4 is 0 Å². The molecule has 0 N–H and O–H groups in total. The first-order chi connectivity index (χ1) is 9.13. The lowest BCUT2D eigenvalue weighted by atomic mass is 10.2. The molecule has 4 nitrogen and oxygen atoms in total. The lowest BCUT2D eigenvalue weighted by molar-refractivity contribution is -0.147. The molecule has 0 radical (unpaired) electrons. The van der Waals surface area contributed by atoms with E-state index in [1.54, 1.807) is 13.0 Å². The minimum absolute atomic E-state index is 0.207. The Morgan fingerprint density at radius 3 is 2.58 bits per heavy atom. The van der Waals surface area contributed by atoms with E-state index in [1.165, 1.54) is 0 Å². The predicted octanol–water partition coefficient (Wildman–Crippen LogP) is 2.62. The Kier molecular flexibility index (Phi) is 10.3. The first-order valence-corrected chi connectivity index (χ1v) is 6.52. The highest BCUT2D eigenvalue weighted by molar-refractivity contribution is 5.72. The molecule has 0 fully saturated rings. The summed E-state index contributed by atoms with van der Waals surface area (Å²) in [7, 11) is 0. The van der Waals surface area contributed by atoms with Gasteiger partial charge >= 0.3 is 11.9 Å². The van der Waals surface area contributed by atoms with Crippen LogP contribution in [-0.4, -0.2) is 24.6 Å². The van der Waals surface area contributed by atoms with Crippen molar-refractivity contribution in [1.82, 2.24) is 0 Å². The standard InChI is InChI=1S/C15H22O4/c1-4-7-12-18-14(16)10-8-11-15(17)19-13(6-3)9-5-2/h4,13H,1,6-8,10-12H2,2-3H3. The third-order valence-corrected chi connectivity index (χ3v) is 2.30. The molecular weight excluding hydrogens is 244 g/mol. The molecule has 0 amide bonds. The van der Waals surface area contributed by atoms with Gasteiger partial charge in [-0.25, -0.2) is 0 Å². The Morgan fingerprint density at radius 2 is 2.00 bits per heavy atom. The number of rotatable bonds is 9. The highest BCUT2D eigenvalue weighted by Crippen LogP contribution is 2.04.